The van der Waals surface area contributed by atoms with Crippen LogP contribution < -0.4 is 5.32 Å². The number of halogens is 3. The molecule has 2 aromatic carbocycles. The summed E-state index contributed by atoms with van der Waals surface area (Å²) in [6.45, 7) is -0.0972. The SMILES string of the molecule is O=C1CC(N(OCc2ccccc2)C(=O)c2cc([N+](=O)[O-])cc(C(F)(F)F)c2)N1. The smallest absolute Gasteiger partial charge is 0.333 e. The number of β-lactam (4-membered cyclic amide) rings is 1. The molecule has 1 aliphatic heterocycles. The van der Waals surface area contributed by atoms with Crippen molar-refractivity contribution in [1.82, 2.24) is 10.4 Å². The minimum absolute atomic E-state index is 0.0972. The van der Waals surface area contributed by atoms with Crippen LogP contribution in [0.4, 0.5) is 18.9 Å². The van der Waals surface area contributed by atoms with Gasteiger partial charge in [-0.2, -0.15) is 18.2 Å². The Kier molecular flexibility index (Phi) is 5.50. The summed E-state index contributed by atoms with van der Waals surface area (Å²) in [5, 5.41) is 14.1. The molecular weight excluding hydrogens is 395 g/mol. The summed E-state index contributed by atoms with van der Waals surface area (Å²) in [5.74, 6) is -1.41. The summed E-state index contributed by atoms with van der Waals surface area (Å²) in [6, 6.07) is 10.2. The summed E-state index contributed by atoms with van der Waals surface area (Å²) in [7, 11) is 0. The number of carbonyl (C=O) groups excluding carboxylic acids is 2. The van der Waals surface area contributed by atoms with Crippen LogP contribution in [0.3, 0.4) is 0 Å². The molecule has 11 heteroatoms. The molecule has 1 N–H and O–H groups in total. The number of hydrogen-bond acceptors (Lipinski definition) is 5. The van der Waals surface area contributed by atoms with Crippen molar-refractivity contribution in [2.45, 2.75) is 25.4 Å². The Morgan fingerprint density at radius 1 is 1.24 bits per heavy atom. The van der Waals surface area contributed by atoms with Crippen molar-refractivity contribution in [3.05, 3.63) is 75.3 Å². The van der Waals surface area contributed by atoms with E-state index in [1.807, 2.05) is 0 Å². The Bertz CT molecular complexity index is 942. The molecule has 2 aromatic rings. The Balaban J connectivity index is 1.91. The number of amides is 2. The highest BCUT2D eigenvalue weighted by Gasteiger charge is 2.38. The molecule has 2 amide bonds. The summed E-state index contributed by atoms with van der Waals surface area (Å²) in [5.41, 5.74) is -2.13. The van der Waals surface area contributed by atoms with Crippen LogP contribution in [0.2, 0.25) is 0 Å². The maximum Gasteiger partial charge on any atom is 0.416 e. The molecule has 1 unspecified atom stereocenters. The lowest BCUT2D eigenvalue weighted by molar-refractivity contribution is -0.385. The second-order valence-electron chi connectivity index (χ2n) is 6.20. The molecule has 29 heavy (non-hydrogen) atoms. The first kappa shape index (κ1) is 20.3. The van der Waals surface area contributed by atoms with E-state index in [1.54, 1.807) is 30.3 Å². The third-order valence-electron chi connectivity index (χ3n) is 4.11. The fraction of sp³-hybridized carbons (Fsp3) is 0.222. The van der Waals surface area contributed by atoms with Gasteiger partial charge in [0.05, 0.1) is 16.9 Å². The van der Waals surface area contributed by atoms with Gasteiger partial charge >= 0.3 is 6.18 Å². The van der Waals surface area contributed by atoms with Crippen molar-refractivity contribution in [3.63, 3.8) is 0 Å². The molecule has 1 fully saturated rings. The largest absolute Gasteiger partial charge is 0.416 e. The fourth-order valence-electron chi connectivity index (χ4n) is 2.62. The molecule has 3 rings (SSSR count). The van der Waals surface area contributed by atoms with Crippen molar-refractivity contribution >= 4 is 17.5 Å². The van der Waals surface area contributed by atoms with Crippen molar-refractivity contribution in [1.29, 1.82) is 0 Å². The van der Waals surface area contributed by atoms with Crippen molar-refractivity contribution in [3.8, 4) is 0 Å². The Morgan fingerprint density at radius 3 is 2.45 bits per heavy atom. The van der Waals surface area contributed by atoms with Crippen LogP contribution in [0.15, 0.2) is 48.5 Å². The highest BCUT2D eigenvalue weighted by atomic mass is 19.4. The fourth-order valence-corrected chi connectivity index (χ4v) is 2.62. The second-order valence-corrected chi connectivity index (χ2v) is 6.20. The zero-order chi connectivity index (χ0) is 21.2. The van der Waals surface area contributed by atoms with E-state index in [4.69, 9.17) is 4.84 Å². The lowest BCUT2D eigenvalue weighted by Gasteiger charge is -2.36. The molecule has 0 saturated carbocycles. The molecular formula is C18H14F3N3O5. The lowest BCUT2D eigenvalue weighted by Crippen LogP contribution is -2.59. The van der Waals surface area contributed by atoms with E-state index in [9.17, 15) is 32.9 Å². The van der Waals surface area contributed by atoms with Crippen LogP contribution in [0.5, 0.6) is 0 Å². The van der Waals surface area contributed by atoms with E-state index in [2.05, 4.69) is 5.32 Å². The molecule has 8 nitrogen and oxygen atoms in total. The molecule has 1 saturated heterocycles. The maximum absolute atomic E-state index is 13.1. The molecule has 1 atom stereocenters. The van der Waals surface area contributed by atoms with Gasteiger partial charge in [0.15, 0.2) is 0 Å². The normalized spacial score (nSPS) is 16.0. The summed E-state index contributed by atoms with van der Waals surface area (Å²) in [6.07, 6.45) is -5.89. The predicted molar refractivity (Wildman–Crippen MR) is 92.0 cm³/mol. The van der Waals surface area contributed by atoms with Crippen LogP contribution in [-0.4, -0.2) is 28.0 Å². The number of nitro groups is 1. The topological polar surface area (TPSA) is 102 Å². The standard InChI is InChI=1S/C18H14F3N3O5/c19-18(20,21)13-6-12(7-14(8-13)24(27)28)17(26)23(15-9-16(25)22-15)29-10-11-4-2-1-3-5-11/h1-8,15H,9-10H2,(H,22,25). The number of alkyl halides is 3. The van der Waals surface area contributed by atoms with Gasteiger partial charge in [-0.05, 0) is 11.6 Å². The molecule has 1 heterocycles. The number of rotatable bonds is 6. The first-order chi connectivity index (χ1) is 13.6. The van der Waals surface area contributed by atoms with Crippen LogP contribution in [0.1, 0.15) is 27.9 Å². The number of carbonyl (C=O) groups is 2. The van der Waals surface area contributed by atoms with Gasteiger partial charge in [-0.3, -0.25) is 24.5 Å². The van der Waals surface area contributed by atoms with Gasteiger partial charge in [-0.25, -0.2) is 0 Å². The van der Waals surface area contributed by atoms with Crippen LogP contribution in [0, 0.1) is 10.1 Å². The summed E-state index contributed by atoms with van der Waals surface area (Å²) >= 11 is 0. The van der Waals surface area contributed by atoms with Crippen LogP contribution in [-0.2, 0) is 22.4 Å². The van der Waals surface area contributed by atoms with E-state index in [0.717, 1.165) is 11.1 Å². The number of nitrogens with zero attached hydrogens (tertiary/aromatic N) is 2. The Labute approximate surface area is 162 Å². The number of nitro benzene ring substituents is 1. The number of benzene rings is 2. The molecule has 0 aromatic heterocycles. The minimum Gasteiger partial charge on any atom is -0.333 e. The van der Waals surface area contributed by atoms with Gasteiger partial charge in [0.2, 0.25) is 5.91 Å². The average molecular weight is 409 g/mol. The minimum atomic E-state index is -4.89. The number of hydrogen-bond donors (Lipinski definition) is 1. The highest BCUT2D eigenvalue weighted by Crippen LogP contribution is 2.33. The number of non-ortho nitro benzene ring substituents is 1. The number of nitrogens with one attached hydrogen (secondary N) is 1. The van der Waals surface area contributed by atoms with E-state index >= 15 is 0 Å². The van der Waals surface area contributed by atoms with E-state index in [-0.39, 0.29) is 18.9 Å². The average Bonchev–Trinajstić information content (AvgIpc) is 2.66. The van der Waals surface area contributed by atoms with Crippen LogP contribution in [0.25, 0.3) is 0 Å². The maximum atomic E-state index is 13.1. The molecule has 0 aliphatic carbocycles. The van der Waals surface area contributed by atoms with Gasteiger partial charge in [0, 0.05) is 17.7 Å². The highest BCUT2D eigenvalue weighted by molar-refractivity contribution is 5.96. The molecule has 0 radical (unpaired) electrons. The lowest BCUT2D eigenvalue weighted by atomic mass is 10.1. The van der Waals surface area contributed by atoms with E-state index in [1.165, 1.54) is 0 Å². The first-order valence-corrected chi connectivity index (χ1v) is 8.31. The van der Waals surface area contributed by atoms with Crippen molar-refractivity contribution in [2.75, 3.05) is 0 Å². The number of hydroxylamine groups is 2. The van der Waals surface area contributed by atoms with Gasteiger partial charge in [0.25, 0.3) is 11.6 Å². The zero-order valence-electron chi connectivity index (χ0n) is 14.7. The van der Waals surface area contributed by atoms with Gasteiger partial charge in [-0.1, -0.05) is 30.3 Å². The summed E-state index contributed by atoms with van der Waals surface area (Å²) < 4.78 is 39.3. The van der Waals surface area contributed by atoms with Gasteiger partial charge < -0.3 is 5.32 Å². The molecule has 0 bridgehead atoms. The van der Waals surface area contributed by atoms with Crippen molar-refractivity contribution < 1.29 is 32.5 Å². The first-order valence-electron chi connectivity index (χ1n) is 8.31. The molecule has 152 valence electrons. The third-order valence-corrected chi connectivity index (χ3v) is 4.11. The third kappa shape index (κ3) is 4.69. The van der Waals surface area contributed by atoms with Gasteiger partial charge in [0.1, 0.15) is 12.8 Å². The second kappa shape index (κ2) is 7.87. The monoisotopic (exact) mass is 409 g/mol. The predicted octanol–water partition coefficient (Wildman–Crippen LogP) is 3.03. The zero-order valence-corrected chi connectivity index (χ0v) is 14.7. The Morgan fingerprint density at radius 2 is 1.90 bits per heavy atom. The van der Waals surface area contributed by atoms with Crippen LogP contribution >= 0.6 is 0 Å². The Hall–Kier alpha value is -3.47. The quantitative estimate of drug-likeness (QED) is 0.449. The van der Waals surface area contributed by atoms with E-state index < -0.39 is 40.0 Å². The van der Waals surface area contributed by atoms with Gasteiger partial charge in [-0.15, -0.1) is 0 Å². The van der Waals surface area contributed by atoms with E-state index in [0.29, 0.717) is 17.7 Å². The summed E-state index contributed by atoms with van der Waals surface area (Å²) in [4.78, 5) is 39.5. The molecule has 1 aliphatic rings. The molecule has 0 spiro atoms. The van der Waals surface area contributed by atoms with Crippen molar-refractivity contribution in [2.24, 2.45) is 0 Å².